The normalized spacial score (nSPS) is 15.6. The van der Waals surface area contributed by atoms with E-state index in [0.717, 1.165) is 42.0 Å². The summed E-state index contributed by atoms with van der Waals surface area (Å²) in [5, 5.41) is 13.5. The molecule has 0 amide bonds. The maximum absolute atomic E-state index is 4.35. The van der Waals surface area contributed by atoms with Crippen molar-refractivity contribution in [3.05, 3.63) is 10.0 Å². The summed E-state index contributed by atoms with van der Waals surface area (Å²) in [6.07, 6.45) is 0.915. The van der Waals surface area contributed by atoms with E-state index >= 15 is 0 Å². The van der Waals surface area contributed by atoms with E-state index in [0.29, 0.717) is 0 Å². The molecule has 6 heteroatoms. The Hall–Kier alpha value is -1.17. The van der Waals surface area contributed by atoms with Gasteiger partial charge in [-0.2, -0.15) is 0 Å². The first-order chi connectivity index (χ1) is 7.25. The van der Waals surface area contributed by atoms with Gasteiger partial charge in [-0.15, -0.1) is 21.5 Å². The number of nitrogens with zero attached hydrogens (tertiary/aromatic N) is 4. The van der Waals surface area contributed by atoms with Gasteiger partial charge in [0.25, 0.3) is 0 Å². The van der Waals surface area contributed by atoms with Crippen molar-refractivity contribution in [3.63, 3.8) is 0 Å². The number of aryl methyl sites for hydroxylation is 1. The molecular weight excluding hydrogens is 210 g/mol. The van der Waals surface area contributed by atoms with Crippen LogP contribution < -0.4 is 5.32 Å². The molecule has 0 aliphatic carbocycles. The number of likely N-dealkylation sites (N-methyl/N-ethyl adjacent to an activating group) is 1. The van der Waals surface area contributed by atoms with E-state index in [1.54, 1.807) is 11.3 Å². The van der Waals surface area contributed by atoms with Gasteiger partial charge in [0.1, 0.15) is 10.0 Å². The number of aromatic nitrogens is 2. The lowest BCUT2D eigenvalue weighted by Crippen LogP contribution is -2.36. The minimum atomic E-state index is 0.873. The Morgan fingerprint density at radius 2 is 2.33 bits per heavy atom. The molecule has 0 bridgehead atoms. The Morgan fingerprint density at radius 1 is 1.47 bits per heavy atom. The van der Waals surface area contributed by atoms with Crippen LogP contribution in [-0.4, -0.2) is 47.7 Å². The number of guanidine groups is 1. The molecule has 0 saturated carbocycles. The first-order valence-electron chi connectivity index (χ1n) is 5.04. The van der Waals surface area contributed by atoms with Gasteiger partial charge in [-0.1, -0.05) is 0 Å². The average molecular weight is 225 g/mol. The molecule has 1 aliphatic rings. The molecule has 0 atom stereocenters. The zero-order valence-electron chi connectivity index (χ0n) is 9.03. The number of aliphatic imine (C=N–C) groups is 1. The van der Waals surface area contributed by atoms with Crippen LogP contribution in [0.15, 0.2) is 4.99 Å². The predicted molar refractivity (Wildman–Crippen MR) is 61.3 cm³/mol. The monoisotopic (exact) mass is 225 g/mol. The van der Waals surface area contributed by atoms with E-state index in [2.05, 4.69) is 25.4 Å². The van der Waals surface area contributed by atoms with Crippen molar-refractivity contribution in [2.45, 2.75) is 13.3 Å². The van der Waals surface area contributed by atoms with Crippen LogP contribution >= 0.6 is 11.3 Å². The van der Waals surface area contributed by atoms with Gasteiger partial charge in [-0.3, -0.25) is 4.99 Å². The third-order valence-corrected chi connectivity index (χ3v) is 3.15. The number of hydrogen-bond donors (Lipinski definition) is 1. The van der Waals surface area contributed by atoms with Gasteiger partial charge in [0.05, 0.1) is 6.54 Å². The van der Waals surface area contributed by atoms with Gasteiger partial charge >= 0.3 is 0 Å². The summed E-state index contributed by atoms with van der Waals surface area (Å²) in [7, 11) is 2.05. The van der Waals surface area contributed by atoms with Gasteiger partial charge in [0.15, 0.2) is 5.96 Å². The van der Waals surface area contributed by atoms with Gasteiger partial charge < -0.3 is 10.2 Å². The maximum atomic E-state index is 4.35. The summed E-state index contributed by atoms with van der Waals surface area (Å²) in [5.41, 5.74) is 0. The summed E-state index contributed by atoms with van der Waals surface area (Å²) >= 11 is 1.66. The van der Waals surface area contributed by atoms with Crippen molar-refractivity contribution in [3.8, 4) is 0 Å². The highest BCUT2D eigenvalue weighted by atomic mass is 32.1. The second kappa shape index (κ2) is 4.57. The predicted octanol–water partition coefficient (Wildman–Crippen LogP) is 0.280. The van der Waals surface area contributed by atoms with E-state index in [1.165, 1.54) is 0 Å². The summed E-state index contributed by atoms with van der Waals surface area (Å²) in [4.78, 5) is 6.48. The average Bonchev–Trinajstić information content (AvgIpc) is 2.77. The molecule has 2 rings (SSSR count). The van der Waals surface area contributed by atoms with E-state index in [-0.39, 0.29) is 0 Å². The molecule has 1 aromatic rings. The maximum Gasteiger partial charge on any atom is 0.193 e. The lowest BCUT2D eigenvalue weighted by atomic mass is 10.4. The highest BCUT2D eigenvalue weighted by molar-refractivity contribution is 7.11. The zero-order chi connectivity index (χ0) is 10.7. The van der Waals surface area contributed by atoms with Crippen molar-refractivity contribution >= 4 is 17.3 Å². The first kappa shape index (κ1) is 10.4. The van der Waals surface area contributed by atoms with Crippen molar-refractivity contribution in [1.29, 1.82) is 0 Å². The molecule has 0 spiro atoms. The molecular formula is C9H15N5S. The minimum Gasteiger partial charge on any atom is -0.356 e. The van der Waals surface area contributed by atoms with Crippen molar-refractivity contribution < 1.29 is 0 Å². The topological polar surface area (TPSA) is 53.4 Å². The van der Waals surface area contributed by atoms with Crippen LogP contribution in [-0.2, 0) is 6.42 Å². The van der Waals surface area contributed by atoms with Crippen LogP contribution in [0.3, 0.4) is 0 Å². The quantitative estimate of drug-likeness (QED) is 0.803. The van der Waals surface area contributed by atoms with Gasteiger partial charge in [-0.25, -0.2) is 0 Å². The van der Waals surface area contributed by atoms with Crippen LogP contribution in [0.25, 0.3) is 0 Å². The molecule has 1 N–H and O–H groups in total. The van der Waals surface area contributed by atoms with E-state index in [4.69, 9.17) is 0 Å². The van der Waals surface area contributed by atoms with Crippen molar-refractivity contribution in [2.24, 2.45) is 4.99 Å². The molecule has 0 saturated heterocycles. The van der Waals surface area contributed by atoms with Crippen LogP contribution in [0.2, 0.25) is 0 Å². The molecule has 0 unspecified atom stereocenters. The van der Waals surface area contributed by atoms with Crippen LogP contribution in [0.1, 0.15) is 10.0 Å². The van der Waals surface area contributed by atoms with Crippen molar-refractivity contribution in [2.75, 3.05) is 26.7 Å². The molecule has 0 fully saturated rings. The third kappa shape index (κ3) is 2.65. The molecule has 5 nitrogen and oxygen atoms in total. The summed E-state index contributed by atoms with van der Waals surface area (Å²) in [6, 6.07) is 0. The SMILES string of the molecule is Cc1nnc(CCNC2=NCCN2C)s1. The largest absolute Gasteiger partial charge is 0.356 e. The standard InChI is InChI=1S/C9H15N5S/c1-7-12-13-8(15-7)3-4-10-9-11-5-6-14(9)2/h3-6H2,1-2H3,(H,10,11). The summed E-state index contributed by atoms with van der Waals surface area (Å²) < 4.78 is 0. The summed E-state index contributed by atoms with van der Waals surface area (Å²) in [5.74, 6) is 0.997. The molecule has 15 heavy (non-hydrogen) atoms. The van der Waals surface area contributed by atoms with Crippen LogP contribution in [0.5, 0.6) is 0 Å². The second-order valence-electron chi connectivity index (χ2n) is 3.52. The lowest BCUT2D eigenvalue weighted by molar-refractivity contribution is 0.534. The Labute approximate surface area is 93.2 Å². The Kier molecular flexibility index (Phi) is 3.15. The fraction of sp³-hybridized carbons (Fsp3) is 0.667. The van der Waals surface area contributed by atoms with Crippen LogP contribution in [0, 0.1) is 6.92 Å². The van der Waals surface area contributed by atoms with Gasteiger partial charge in [0, 0.05) is 26.6 Å². The third-order valence-electron chi connectivity index (χ3n) is 2.25. The van der Waals surface area contributed by atoms with Gasteiger partial charge in [-0.05, 0) is 6.92 Å². The summed E-state index contributed by atoms with van der Waals surface area (Å²) in [6.45, 7) is 4.76. The minimum absolute atomic E-state index is 0.873. The smallest absolute Gasteiger partial charge is 0.193 e. The number of rotatable bonds is 3. The molecule has 0 aromatic carbocycles. The zero-order valence-corrected chi connectivity index (χ0v) is 9.84. The first-order valence-corrected chi connectivity index (χ1v) is 5.86. The van der Waals surface area contributed by atoms with E-state index in [1.807, 2.05) is 14.0 Å². The van der Waals surface area contributed by atoms with Crippen LogP contribution in [0.4, 0.5) is 0 Å². The molecule has 0 radical (unpaired) electrons. The molecule has 82 valence electrons. The highest BCUT2D eigenvalue weighted by Crippen LogP contribution is 2.07. The van der Waals surface area contributed by atoms with E-state index < -0.39 is 0 Å². The van der Waals surface area contributed by atoms with E-state index in [9.17, 15) is 0 Å². The Morgan fingerprint density at radius 3 is 2.93 bits per heavy atom. The Bertz CT molecular complexity index is 359. The second-order valence-corrected chi connectivity index (χ2v) is 4.78. The van der Waals surface area contributed by atoms with Crippen molar-refractivity contribution in [1.82, 2.24) is 20.4 Å². The number of nitrogens with one attached hydrogen (secondary N) is 1. The lowest BCUT2D eigenvalue weighted by Gasteiger charge is -2.14. The Balaban J connectivity index is 1.75. The van der Waals surface area contributed by atoms with Gasteiger partial charge in [0.2, 0.25) is 0 Å². The fourth-order valence-electron chi connectivity index (χ4n) is 1.44. The number of hydrogen-bond acceptors (Lipinski definition) is 6. The molecule has 2 heterocycles. The highest BCUT2D eigenvalue weighted by Gasteiger charge is 2.11. The fourth-order valence-corrected chi connectivity index (χ4v) is 2.15. The molecule has 1 aliphatic heterocycles. The molecule has 1 aromatic heterocycles.